The number of carbonyl (C=O) groups excluding carboxylic acids is 1. The van der Waals surface area contributed by atoms with Crippen LogP contribution in [0.4, 0.5) is 0 Å². The van der Waals surface area contributed by atoms with E-state index in [0.717, 1.165) is 17.3 Å². The zero-order valence-corrected chi connectivity index (χ0v) is 18.2. The number of hydrogen-bond donors (Lipinski definition) is 4. The molecule has 1 saturated heterocycles. The van der Waals surface area contributed by atoms with Crippen molar-refractivity contribution in [1.82, 2.24) is 16.3 Å². The van der Waals surface area contributed by atoms with Gasteiger partial charge in [-0.3, -0.25) is 4.79 Å². The smallest absolute Gasteiger partial charge is 0.258 e. The van der Waals surface area contributed by atoms with Crippen LogP contribution in [-0.2, 0) is 17.6 Å². The van der Waals surface area contributed by atoms with Crippen LogP contribution >= 0.6 is 15.9 Å². The van der Waals surface area contributed by atoms with Gasteiger partial charge in [0.05, 0.1) is 6.21 Å². The molecule has 160 valence electrons. The second kappa shape index (κ2) is 8.76. The summed E-state index contributed by atoms with van der Waals surface area (Å²) in [7, 11) is 0. The molecule has 0 spiro atoms. The molecule has 3 aromatic rings. The summed E-state index contributed by atoms with van der Waals surface area (Å²) in [5.74, 6) is -0.120. The molecule has 31 heavy (non-hydrogen) atoms. The molecule has 1 amide bonds. The molecule has 0 aromatic heterocycles. The third kappa shape index (κ3) is 4.07. The fourth-order valence-electron chi connectivity index (χ4n) is 4.38. The van der Waals surface area contributed by atoms with Gasteiger partial charge in [-0.25, -0.2) is 16.3 Å². The minimum absolute atomic E-state index is 0. The minimum atomic E-state index is -0.397. The van der Waals surface area contributed by atoms with E-state index in [2.05, 4.69) is 67.6 Å². The van der Waals surface area contributed by atoms with Crippen LogP contribution in [0.5, 0.6) is 5.75 Å². The average molecular weight is 483 g/mol. The van der Waals surface area contributed by atoms with E-state index >= 15 is 0 Å². The van der Waals surface area contributed by atoms with Gasteiger partial charge in [-0.05, 0) is 64.9 Å². The standard InChI is InChI=1S/C23H21BrN4O2.H2O/c24-16-7-9-21(29)15(10-16)12-25-28-23(30)20-11-19(26-27-20)17-8-6-14-5-4-13-2-1-3-18(17)22(13)14;/h1-3,6-10,12,19-20,26-27,29H,4-5,11H2,(H,28,30);1H2/b25-12+;. The molecule has 1 fully saturated rings. The first-order chi connectivity index (χ1) is 14.6. The fourth-order valence-corrected chi connectivity index (χ4v) is 4.76. The summed E-state index contributed by atoms with van der Waals surface area (Å²) in [6, 6.07) is 15.6. The van der Waals surface area contributed by atoms with Gasteiger partial charge in [-0.15, -0.1) is 0 Å². The fraction of sp³-hybridized carbons (Fsp3) is 0.217. The molecule has 1 aliphatic carbocycles. The number of rotatable bonds is 4. The van der Waals surface area contributed by atoms with Gasteiger partial charge in [0, 0.05) is 16.1 Å². The van der Waals surface area contributed by atoms with Gasteiger partial charge in [0.1, 0.15) is 11.8 Å². The molecule has 0 bridgehead atoms. The van der Waals surface area contributed by atoms with Crippen LogP contribution in [0.25, 0.3) is 10.8 Å². The van der Waals surface area contributed by atoms with Crippen molar-refractivity contribution < 1.29 is 15.4 Å². The monoisotopic (exact) mass is 482 g/mol. The number of aromatic hydroxyl groups is 1. The number of carbonyl (C=O) groups is 1. The number of phenols is 1. The first-order valence-corrected chi connectivity index (χ1v) is 10.8. The summed E-state index contributed by atoms with van der Waals surface area (Å²) in [6.07, 6.45) is 4.26. The highest BCUT2D eigenvalue weighted by atomic mass is 79.9. The zero-order chi connectivity index (χ0) is 20.7. The lowest BCUT2D eigenvalue weighted by molar-refractivity contribution is -0.122. The van der Waals surface area contributed by atoms with Crippen molar-refractivity contribution >= 4 is 38.8 Å². The Morgan fingerprint density at radius 2 is 1.94 bits per heavy atom. The van der Waals surface area contributed by atoms with E-state index in [1.165, 1.54) is 33.7 Å². The van der Waals surface area contributed by atoms with E-state index in [0.29, 0.717) is 12.0 Å². The van der Waals surface area contributed by atoms with Crippen molar-refractivity contribution in [3.8, 4) is 5.75 Å². The van der Waals surface area contributed by atoms with Crippen LogP contribution in [-0.4, -0.2) is 28.7 Å². The van der Waals surface area contributed by atoms with Crippen molar-refractivity contribution in [2.24, 2.45) is 5.10 Å². The third-order valence-corrected chi connectivity index (χ3v) is 6.37. The molecule has 2 atom stereocenters. The number of nitrogens with one attached hydrogen (secondary N) is 3. The first kappa shape index (κ1) is 21.5. The SMILES string of the molecule is O.O=C(N/N=C/c1cc(Br)ccc1O)C1CC(c2ccc3c4c(cccc24)CC3)NN1. The number of aryl methyl sites for hydroxylation is 2. The second-order valence-electron chi connectivity index (χ2n) is 7.72. The number of hydrazone groups is 1. The quantitative estimate of drug-likeness (QED) is 0.337. The van der Waals surface area contributed by atoms with E-state index in [1.807, 2.05) is 0 Å². The molecule has 6 N–H and O–H groups in total. The summed E-state index contributed by atoms with van der Waals surface area (Å²) < 4.78 is 0.822. The lowest BCUT2D eigenvalue weighted by Crippen LogP contribution is -2.41. The number of hydrogen-bond acceptors (Lipinski definition) is 5. The Morgan fingerprint density at radius 3 is 2.77 bits per heavy atom. The van der Waals surface area contributed by atoms with E-state index < -0.39 is 6.04 Å². The number of nitrogens with zero attached hydrogens (tertiary/aromatic N) is 1. The van der Waals surface area contributed by atoms with E-state index in [9.17, 15) is 9.90 Å². The van der Waals surface area contributed by atoms with Crippen molar-refractivity contribution in [3.05, 3.63) is 75.3 Å². The lowest BCUT2D eigenvalue weighted by Gasteiger charge is -2.14. The van der Waals surface area contributed by atoms with Crippen LogP contribution in [0.2, 0.25) is 0 Å². The number of halogens is 1. The van der Waals surface area contributed by atoms with Crippen LogP contribution in [0.3, 0.4) is 0 Å². The molecule has 7 nitrogen and oxygen atoms in total. The predicted molar refractivity (Wildman–Crippen MR) is 124 cm³/mol. The molecule has 5 rings (SSSR count). The van der Waals surface area contributed by atoms with Gasteiger partial charge in [-0.2, -0.15) is 5.10 Å². The third-order valence-electron chi connectivity index (χ3n) is 5.87. The van der Waals surface area contributed by atoms with E-state index in [1.54, 1.807) is 18.2 Å². The van der Waals surface area contributed by atoms with Crippen molar-refractivity contribution in [2.75, 3.05) is 0 Å². The molecule has 0 saturated carbocycles. The summed E-state index contributed by atoms with van der Waals surface area (Å²) in [6.45, 7) is 0. The maximum absolute atomic E-state index is 12.5. The van der Waals surface area contributed by atoms with Gasteiger partial charge in [0.15, 0.2) is 0 Å². The van der Waals surface area contributed by atoms with Crippen molar-refractivity contribution in [1.29, 1.82) is 0 Å². The topological polar surface area (TPSA) is 117 Å². The van der Waals surface area contributed by atoms with Crippen LogP contribution in [0, 0.1) is 0 Å². The number of amides is 1. The normalized spacial score (nSPS) is 19.6. The van der Waals surface area contributed by atoms with E-state index in [-0.39, 0.29) is 23.2 Å². The Kier molecular flexibility index (Phi) is 6.06. The molecule has 2 unspecified atom stereocenters. The van der Waals surface area contributed by atoms with Crippen LogP contribution in [0.1, 0.15) is 34.7 Å². The zero-order valence-electron chi connectivity index (χ0n) is 16.7. The lowest BCUT2D eigenvalue weighted by atomic mass is 9.93. The van der Waals surface area contributed by atoms with Gasteiger partial charge >= 0.3 is 0 Å². The summed E-state index contributed by atoms with van der Waals surface area (Å²) in [5, 5.41) is 16.5. The average Bonchev–Trinajstić information content (AvgIpc) is 3.40. The highest BCUT2D eigenvalue weighted by Crippen LogP contribution is 2.36. The molecular weight excluding hydrogens is 460 g/mol. The summed E-state index contributed by atoms with van der Waals surface area (Å²) >= 11 is 3.35. The second-order valence-corrected chi connectivity index (χ2v) is 8.64. The molecule has 0 radical (unpaired) electrons. The first-order valence-electron chi connectivity index (χ1n) is 9.96. The van der Waals surface area contributed by atoms with Gasteiger partial charge in [0.25, 0.3) is 5.91 Å². The number of phenolic OH excluding ortho intramolecular Hbond substituents is 1. The maximum Gasteiger partial charge on any atom is 0.258 e. The predicted octanol–water partition coefficient (Wildman–Crippen LogP) is 2.64. The Hall–Kier alpha value is -2.78. The summed E-state index contributed by atoms with van der Waals surface area (Å²) in [5.41, 5.74) is 13.5. The number of hydrazine groups is 1. The Morgan fingerprint density at radius 1 is 1.13 bits per heavy atom. The van der Waals surface area contributed by atoms with Gasteiger partial charge in [0.2, 0.25) is 0 Å². The van der Waals surface area contributed by atoms with Crippen LogP contribution in [0.15, 0.2) is 58.1 Å². The van der Waals surface area contributed by atoms with Crippen molar-refractivity contribution in [3.63, 3.8) is 0 Å². The van der Waals surface area contributed by atoms with E-state index in [4.69, 9.17) is 0 Å². The van der Waals surface area contributed by atoms with Crippen LogP contribution < -0.4 is 16.3 Å². The highest BCUT2D eigenvalue weighted by molar-refractivity contribution is 9.10. The molecule has 2 aliphatic rings. The largest absolute Gasteiger partial charge is 0.507 e. The molecule has 1 aliphatic heterocycles. The van der Waals surface area contributed by atoms with Crippen molar-refractivity contribution in [2.45, 2.75) is 31.3 Å². The summed E-state index contributed by atoms with van der Waals surface area (Å²) in [4.78, 5) is 12.5. The Bertz CT molecular complexity index is 1170. The Labute approximate surface area is 188 Å². The highest BCUT2D eigenvalue weighted by Gasteiger charge is 2.31. The number of benzene rings is 3. The Balaban J connectivity index is 0.00000231. The molecule has 3 aromatic carbocycles. The van der Waals surface area contributed by atoms with Gasteiger partial charge < -0.3 is 10.6 Å². The molecule has 1 heterocycles. The maximum atomic E-state index is 12.5. The molecule has 8 heteroatoms. The van der Waals surface area contributed by atoms with Gasteiger partial charge in [-0.1, -0.05) is 46.3 Å². The molecular formula is C23H23BrN4O3. The minimum Gasteiger partial charge on any atom is -0.507 e.